The molecule has 0 bridgehead atoms. The van der Waals surface area contributed by atoms with E-state index in [2.05, 4.69) is 4.74 Å². The molecule has 1 atom stereocenters. The lowest BCUT2D eigenvalue weighted by molar-refractivity contribution is -0.146. The van der Waals surface area contributed by atoms with Crippen molar-refractivity contribution in [2.24, 2.45) is 5.73 Å². The molecule has 76 valence electrons. The molecule has 5 heteroatoms. The van der Waals surface area contributed by atoms with Crippen LogP contribution in [0.5, 0.6) is 0 Å². The van der Waals surface area contributed by atoms with Crippen LogP contribution in [0, 0.1) is 0 Å². The quantitative estimate of drug-likeness (QED) is 0.480. The molecule has 0 fully saturated rings. The summed E-state index contributed by atoms with van der Waals surface area (Å²) in [6.45, 7) is 3.37. The molecule has 0 saturated carbocycles. The van der Waals surface area contributed by atoms with E-state index in [9.17, 15) is 9.59 Å². The van der Waals surface area contributed by atoms with Crippen molar-refractivity contribution >= 4 is 11.9 Å². The summed E-state index contributed by atoms with van der Waals surface area (Å²) in [6, 6.07) is -0.603. The Kier molecular flexibility index (Phi) is 5.88. The summed E-state index contributed by atoms with van der Waals surface area (Å²) in [5.74, 6) is -0.777. The van der Waals surface area contributed by atoms with Crippen LogP contribution in [0.3, 0.4) is 0 Å². The Morgan fingerprint density at radius 1 is 1.31 bits per heavy atom. The van der Waals surface area contributed by atoms with Crippen LogP contribution in [0.15, 0.2) is 0 Å². The van der Waals surface area contributed by atoms with E-state index in [0.29, 0.717) is 6.42 Å². The van der Waals surface area contributed by atoms with E-state index in [0.717, 1.165) is 0 Å². The maximum absolute atomic E-state index is 10.8. The summed E-state index contributed by atoms with van der Waals surface area (Å²) >= 11 is 0. The van der Waals surface area contributed by atoms with E-state index >= 15 is 0 Å². The van der Waals surface area contributed by atoms with Gasteiger partial charge in [-0.15, -0.1) is 0 Å². The highest BCUT2D eigenvalue weighted by Gasteiger charge is 2.07. The topological polar surface area (TPSA) is 78.6 Å². The van der Waals surface area contributed by atoms with Gasteiger partial charge < -0.3 is 15.2 Å². The molecule has 0 aromatic rings. The Morgan fingerprint density at radius 3 is 2.31 bits per heavy atom. The van der Waals surface area contributed by atoms with Crippen molar-refractivity contribution in [3.63, 3.8) is 0 Å². The first-order valence-electron chi connectivity index (χ1n) is 4.09. The SMILES string of the molecule is CC(=O)OCCCOC(=O)C(C)N. The first kappa shape index (κ1) is 11.9. The zero-order valence-electron chi connectivity index (χ0n) is 7.91. The van der Waals surface area contributed by atoms with E-state index in [1.54, 1.807) is 6.92 Å². The fourth-order valence-corrected chi connectivity index (χ4v) is 0.579. The highest BCUT2D eigenvalue weighted by molar-refractivity contribution is 5.74. The first-order valence-corrected chi connectivity index (χ1v) is 4.09. The fraction of sp³-hybridized carbons (Fsp3) is 0.750. The van der Waals surface area contributed by atoms with Gasteiger partial charge in [-0.25, -0.2) is 0 Å². The van der Waals surface area contributed by atoms with Crippen LogP contribution >= 0.6 is 0 Å². The van der Waals surface area contributed by atoms with Crippen LogP contribution in [-0.4, -0.2) is 31.2 Å². The maximum Gasteiger partial charge on any atom is 0.322 e. The number of hydrogen-bond acceptors (Lipinski definition) is 5. The number of rotatable bonds is 5. The van der Waals surface area contributed by atoms with Gasteiger partial charge in [0.1, 0.15) is 6.04 Å². The standard InChI is InChI=1S/C8H15NO4/c1-6(9)8(11)13-5-3-4-12-7(2)10/h6H,3-5,9H2,1-2H3. The number of hydrogen-bond donors (Lipinski definition) is 1. The summed E-state index contributed by atoms with van der Waals surface area (Å²) in [5, 5.41) is 0. The van der Waals surface area contributed by atoms with Crippen LogP contribution in [0.2, 0.25) is 0 Å². The highest BCUT2D eigenvalue weighted by atomic mass is 16.5. The highest BCUT2D eigenvalue weighted by Crippen LogP contribution is 1.89. The van der Waals surface area contributed by atoms with Crippen molar-refractivity contribution < 1.29 is 19.1 Å². The molecule has 0 aromatic heterocycles. The Bertz CT molecular complexity index is 179. The predicted molar refractivity (Wildman–Crippen MR) is 45.9 cm³/mol. The van der Waals surface area contributed by atoms with E-state index in [-0.39, 0.29) is 19.2 Å². The van der Waals surface area contributed by atoms with Gasteiger partial charge in [-0.3, -0.25) is 9.59 Å². The van der Waals surface area contributed by atoms with Gasteiger partial charge in [-0.2, -0.15) is 0 Å². The molecular formula is C8H15NO4. The second kappa shape index (κ2) is 6.42. The third-order valence-electron chi connectivity index (χ3n) is 1.21. The van der Waals surface area contributed by atoms with Crippen LogP contribution in [0.4, 0.5) is 0 Å². The Morgan fingerprint density at radius 2 is 1.85 bits per heavy atom. The predicted octanol–water partition coefficient (Wildman–Crippen LogP) is -0.170. The molecular weight excluding hydrogens is 174 g/mol. The average Bonchev–Trinajstić information content (AvgIpc) is 2.02. The molecule has 0 aliphatic rings. The Labute approximate surface area is 77.2 Å². The number of carbonyl (C=O) groups is 2. The summed E-state index contributed by atoms with van der Waals surface area (Å²) in [6.07, 6.45) is 0.498. The normalized spacial score (nSPS) is 11.9. The second-order valence-corrected chi connectivity index (χ2v) is 2.65. The van der Waals surface area contributed by atoms with Gasteiger partial charge >= 0.3 is 11.9 Å². The monoisotopic (exact) mass is 189 g/mol. The lowest BCUT2D eigenvalue weighted by atomic mass is 10.4. The number of nitrogens with two attached hydrogens (primary N) is 1. The van der Waals surface area contributed by atoms with Crippen molar-refractivity contribution in [2.75, 3.05) is 13.2 Å². The second-order valence-electron chi connectivity index (χ2n) is 2.65. The Hall–Kier alpha value is -1.10. The van der Waals surface area contributed by atoms with Gasteiger partial charge in [0, 0.05) is 13.3 Å². The first-order chi connectivity index (χ1) is 6.04. The summed E-state index contributed by atoms with van der Waals surface area (Å²) in [4.78, 5) is 21.1. The van der Waals surface area contributed by atoms with Crippen LogP contribution < -0.4 is 5.73 Å². The molecule has 0 spiro atoms. The zero-order chi connectivity index (χ0) is 10.3. The minimum atomic E-state index is -0.603. The summed E-state index contributed by atoms with van der Waals surface area (Å²) in [7, 11) is 0. The van der Waals surface area contributed by atoms with Gasteiger partial charge in [0.05, 0.1) is 13.2 Å². The van der Waals surface area contributed by atoms with Gasteiger partial charge in [-0.05, 0) is 6.92 Å². The van der Waals surface area contributed by atoms with Gasteiger partial charge in [0.25, 0.3) is 0 Å². The van der Waals surface area contributed by atoms with Crippen molar-refractivity contribution in [1.29, 1.82) is 0 Å². The average molecular weight is 189 g/mol. The van der Waals surface area contributed by atoms with Crippen molar-refractivity contribution in [2.45, 2.75) is 26.3 Å². The molecule has 0 aromatic carbocycles. The molecule has 0 heterocycles. The largest absolute Gasteiger partial charge is 0.466 e. The molecule has 13 heavy (non-hydrogen) atoms. The van der Waals surface area contributed by atoms with Gasteiger partial charge in [0.2, 0.25) is 0 Å². The molecule has 2 N–H and O–H groups in total. The number of ether oxygens (including phenoxy) is 2. The van der Waals surface area contributed by atoms with Crippen molar-refractivity contribution in [1.82, 2.24) is 0 Å². The smallest absolute Gasteiger partial charge is 0.322 e. The van der Waals surface area contributed by atoms with E-state index in [1.807, 2.05) is 0 Å². The van der Waals surface area contributed by atoms with Gasteiger partial charge in [-0.1, -0.05) is 0 Å². The summed E-state index contributed by atoms with van der Waals surface area (Å²) in [5.41, 5.74) is 5.24. The van der Waals surface area contributed by atoms with Gasteiger partial charge in [0.15, 0.2) is 0 Å². The number of carbonyl (C=O) groups excluding carboxylic acids is 2. The fourth-order valence-electron chi connectivity index (χ4n) is 0.579. The molecule has 0 amide bonds. The molecule has 0 radical (unpaired) electrons. The minimum Gasteiger partial charge on any atom is -0.466 e. The van der Waals surface area contributed by atoms with Crippen molar-refractivity contribution in [3.8, 4) is 0 Å². The molecule has 0 aliphatic carbocycles. The zero-order valence-corrected chi connectivity index (χ0v) is 7.91. The van der Waals surface area contributed by atoms with E-state index in [4.69, 9.17) is 10.5 Å². The Balaban J connectivity index is 3.26. The lowest BCUT2D eigenvalue weighted by Crippen LogP contribution is -2.29. The molecule has 0 aliphatic heterocycles. The molecule has 0 saturated heterocycles. The molecule has 5 nitrogen and oxygen atoms in total. The summed E-state index contributed by atoms with van der Waals surface area (Å²) < 4.78 is 9.35. The molecule has 1 unspecified atom stereocenters. The van der Waals surface area contributed by atoms with Crippen molar-refractivity contribution in [3.05, 3.63) is 0 Å². The van der Waals surface area contributed by atoms with Crippen LogP contribution in [0.25, 0.3) is 0 Å². The van der Waals surface area contributed by atoms with Crippen LogP contribution in [-0.2, 0) is 19.1 Å². The third kappa shape index (κ3) is 7.27. The van der Waals surface area contributed by atoms with E-state index < -0.39 is 12.0 Å². The molecule has 0 rings (SSSR count). The lowest BCUT2D eigenvalue weighted by Gasteiger charge is -2.06. The van der Waals surface area contributed by atoms with Crippen LogP contribution in [0.1, 0.15) is 20.3 Å². The maximum atomic E-state index is 10.8. The number of esters is 2. The third-order valence-corrected chi connectivity index (χ3v) is 1.21. The minimum absolute atomic E-state index is 0.230. The van der Waals surface area contributed by atoms with E-state index in [1.165, 1.54) is 6.92 Å².